The van der Waals surface area contributed by atoms with Gasteiger partial charge in [-0.05, 0) is 31.9 Å². The van der Waals surface area contributed by atoms with Crippen molar-refractivity contribution in [2.75, 3.05) is 11.4 Å². The van der Waals surface area contributed by atoms with Gasteiger partial charge in [-0.25, -0.2) is 0 Å². The Morgan fingerprint density at radius 2 is 2.10 bits per heavy atom. The Labute approximate surface area is 123 Å². The number of aryl methyl sites for hydroxylation is 1. The van der Waals surface area contributed by atoms with E-state index in [1.54, 1.807) is 13.0 Å². The number of nitrogens with one attached hydrogen (secondary N) is 1. The highest BCUT2D eigenvalue weighted by Gasteiger charge is 2.36. The molecule has 1 saturated heterocycles. The predicted octanol–water partition coefficient (Wildman–Crippen LogP) is 2.15. The lowest BCUT2D eigenvalue weighted by Crippen LogP contribution is -2.61. The summed E-state index contributed by atoms with van der Waals surface area (Å²) in [5.74, 6) is 0.0363. The van der Waals surface area contributed by atoms with E-state index < -0.39 is 0 Å². The number of benzene rings is 1. The van der Waals surface area contributed by atoms with Crippen LogP contribution in [0.2, 0.25) is 0 Å². The topological polar surface area (TPSA) is 75.5 Å². The Balaban J connectivity index is 1.92. The minimum Gasteiger partial charge on any atom is -0.357 e. The zero-order chi connectivity index (χ0) is 15.0. The van der Waals surface area contributed by atoms with Gasteiger partial charge < -0.3 is 10.2 Å². The highest BCUT2D eigenvalue weighted by Crippen LogP contribution is 2.32. The van der Waals surface area contributed by atoms with Gasteiger partial charge in [0.2, 0.25) is 5.91 Å². The Kier molecular flexibility index (Phi) is 3.53. The van der Waals surface area contributed by atoms with Crippen molar-refractivity contribution in [2.24, 2.45) is 0 Å². The first kappa shape index (κ1) is 13.9. The first-order valence-electron chi connectivity index (χ1n) is 7.37. The molecule has 2 aliphatic rings. The normalized spacial score (nSPS) is 25.2. The number of fused-ring (bicyclic) bond motifs is 1. The third-order valence-electron chi connectivity index (χ3n) is 4.50. The molecule has 21 heavy (non-hydrogen) atoms. The number of piperazine rings is 1. The number of carbonyl (C=O) groups is 1. The number of hydrogen-bond acceptors (Lipinski definition) is 4. The van der Waals surface area contributed by atoms with E-state index in [1.165, 1.54) is 12.5 Å². The van der Waals surface area contributed by atoms with Crippen LogP contribution in [0.3, 0.4) is 0 Å². The molecule has 0 aromatic heterocycles. The van der Waals surface area contributed by atoms with Crippen molar-refractivity contribution < 1.29 is 9.72 Å². The summed E-state index contributed by atoms with van der Waals surface area (Å²) in [5.41, 5.74) is 1.67. The Morgan fingerprint density at radius 3 is 2.81 bits per heavy atom. The number of nitro groups is 1. The van der Waals surface area contributed by atoms with E-state index in [4.69, 9.17) is 0 Å². The van der Waals surface area contributed by atoms with Crippen LogP contribution in [-0.4, -0.2) is 29.5 Å². The molecule has 6 nitrogen and oxygen atoms in total. The van der Waals surface area contributed by atoms with Crippen molar-refractivity contribution in [3.05, 3.63) is 33.9 Å². The van der Waals surface area contributed by atoms with Crippen molar-refractivity contribution in [1.82, 2.24) is 5.32 Å². The number of nitro benzene ring substituents is 1. The molecule has 1 heterocycles. The molecule has 6 heteroatoms. The molecule has 1 aliphatic carbocycles. The van der Waals surface area contributed by atoms with Crippen LogP contribution in [0.4, 0.5) is 11.4 Å². The zero-order valence-electron chi connectivity index (χ0n) is 12.0. The zero-order valence-corrected chi connectivity index (χ0v) is 12.0. The fraction of sp³-hybridized carbons (Fsp3) is 0.533. The average Bonchev–Trinajstić information content (AvgIpc) is 2.45. The van der Waals surface area contributed by atoms with E-state index in [0.717, 1.165) is 24.9 Å². The molecule has 112 valence electrons. The third kappa shape index (κ3) is 2.57. The first-order valence-corrected chi connectivity index (χ1v) is 7.37. The number of rotatable bonds is 2. The van der Waals surface area contributed by atoms with Gasteiger partial charge in [-0.15, -0.1) is 0 Å². The largest absolute Gasteiger partial charge is 0.357 e. The molecule has 1 amide bonds. The van der Waals surface area contributed by atoms with E-state index in [1.807, 2.05) is 6.07 Å². The highest BCUT2D eigenvalue weighted by atomic mass is 16.6. The van der Waals surface area contributed by atoms with Gasteiger partial charge in [-0.3, -0.25) is 14.9 Å². The molecular formula is C15H19N3O3. The van der Waals surface area contributed by atoms with Crippen molar-refractivity contribution in [3.8, 4) is 0 Å². The molecule has 1 aliphatic heterocycles. The van der Waals surface area contributed by atoms with Crippen LogP contribution in [0.25, 0.3) is 0 Å². The van der Waals surface area contributed by atoms with Crippen molar-refractivity contribution in [3.63, 3.8) is 0 Å². The van der Waals surface area contributed by atoms with Crippen LogP contribution in [-0.2, 0) is 4.79 Å². The number of anilines is 1. The molecule has 0 spiro atoms. The van der Waals surface area contributed by atoms with Gasteiger partial charge in [-0.1, -0.05) is 12.8 Å². The molecule has 0 bridgehead atoms. The standard InChI is InChI=1S/C15H19N3O3/c1-10-8-11(6-7-13(10)18(20)21)17-9-15(19)16-12-4-2-3-5-14(12)17/h6-8,12,14H,2-5,9H2,1H3,(H,16,19). The molecule has 1 aromatic carbocycles. The first-order chi connectivity index (χ1) is 10.1. The van der Waals surface area contributed by atoms with Crippen LogP contribution in [0.1, 0.15) is 31.2 Å². The molecule has 1 saturated carbocycles. The molecule has 0 radical (unpaired) electrons. The van der Waals surface area contributed by atoms with E-state index in [2.05, 4.69) is 10.2 Å². The highest BCUT2D eigenvalue weighted by molar-refractivity contribution is 5.83. The van der Waals surface area contributed by atoms with Crippen LogP contribution in [0, 0.1) is 17.0 Å². The minimum absolute atomic E-state index is 0.0363. The molecule has 1 aromatic rings. The second kappa shape index (κ2) is 5.35. The molecule has 3 rings (SSSR count). The van der Waals surface area contributed by atoms with Crippen LogP contribution in [0.15, 0.2) is 18.2 Å². The summed E-state index contributed by atoms with van der Waals surface area (Å²) in [5, 5.41) is 14.0. The van der Waals surface area contributed by atoms with E-state index in [0.29, 0.717) is 18.2 Å². The maximum Gasteiger partial charge on any atom is 0.272 e. The lowest BCUT2D eigenvalue weighted by atomic mass is 9.87. The minimum atomic E-state index is -0.370. The van der Waals surface area contributed by atoms with Crippen LogP contribution in [0.5, 0.6) is 0 Å². The van der Waals surface area contributed by atoms with E-state index in [-0.39, 0.29) is 22.6 Å². The van der Waals surface area contributed by atoms with E-state index >= 15 is 0 Å². The number of hydrogen-bond donors (Lipinski definition) is 1. The predicted molar refractivity (Wildman–Crippen MR) is 79.4 cm³/mol. The SMILES string of the molecule is Cc1cc(N2CC(=O)NC3CCCCC32)ccc1[N+](=O)[O-]. The fourth-order valence-corrected chi connectivity index (χ4v) is 3.48. The van der Waals surface area contributed by atoms with E-state index in [9.17, 15) is 14.9 Å². The Bertz CT molecular complexity index is 588. The Hall–Kier alpha value is -2.11. The van der Waals surface area contributed by atoms with Crippen LogP contribution < -0.4 is 10.2 Å². The third-order valence-corrected chi connectivity index (χ3v) is 4.50. The molecule has 2 fully saturated rings. The number of carbonyl (C=O) groups excluding carboxylic acids is 1. The second-order valence-corrected chi connectivity index (χ2v) is 5.88. The van der Waals surface area contributed by atoms with Gasteiger partial charge >= 0.3 is 0 Å². The molecule has 1 N–H and O–H groups in total. The second-order valence-electron chi connectivity index (χ2n) is 5.88. The number of amides is 1. The van der Waals surface area contributed by atoms with Gasteiger partial charge in [-0.2, -0.15) is 0 Å². The van der Waals surface area contributed by atoms with Gasteiger partial charge in [0.1, 0.15) is 0 Å². The van der Waals surface area contributed by atoms with Crippen molar-refractivity contribution in [2.45, 2.75) is 44.7 Å². The fourth-order valence-electron chi connectivity index (χ4n) is 3.48. The van der Waals surface area contributed by atoms with Gasteiger partial charge in [0, 0.05) is 29.4 Å². The van der Waals surface area contributed by atoms with Crippen LogP contribution >= 0.6 is 0 Å². The summed E-state index contributed by atoms with van der Waals surface area (Å²) in [6.45, 7) is 2.07. The summed E-state index contributed by atoms with van der Waals surface area (Å²) in [4.78, 5) is 24.6. The maximum atomic E-state index is 11.9. The monoisotopic (exact) mass is 289 g/mol. The average molecular weight is 289 g/mol. The Morgan fingerprint density at radius 1 is 1.33 bits per heavy atom. The molecular weight excluding hydrogens is 270 g/mol. The van der Waals surface area contributed by atoms with Gasteiger partial charge in [0.05, 0.1) is 11.5 Å². The molecule has 2 atom stereocenters. The summed E-state index contributed by atoms with van der Waals surface area (Å²) >= 11 is 0. The maximum absolute atomic E-state index is 11.9. The number of nitrogens with zero attached hydrogens (tertiary/aromatic N) is 2. The summed E-state index contributed by atoms with van der Waals surface area (Å²) in [6, 6.07) is 5.63. The molecule has 2 unspecified atom stereocenters. The quantitative estimate of drug-likeness (QED) is 0.668. The van der Waals surface area contributed by atoms with Crippen molar-refractivity contribution in [1.29, 1.82) is 0 Å². The lowest BCUT2D eigenvalue weighted by Gasteiger charge is -2.45. The summed E-state index contributed by atoms with van der Waals surface area (Å²) in [6.07, 6.45) is 4.38. The van der Waals surface area contributed by atoms with Crippen molar-refractivity contribution >= 4 is 17.3 Å². The summed E-state index contributed by atoms with van der Waals surface area (Å²) < 4.78 is 0. The lowest BCUT2D eigenvalue weighted by molar-refractivity contribution is -0.385. The smallest absolute Gasteiger partial charge is 0.272 e. The van der Waals surface area contributed by atoms with Gasteiger partial charge in [0.25, 0.3) is 5.69 Å². The van der Waals surface area contributed by atoms with Gasteiger partial charge in [0.15, 0.2) is 0 Å². The summed E-state index contributed by atoms with van der Waals surface area (Å²) in [7, 11) is 0.